The van der Waals surface area contributed by atoms with Gasteiger partial charge in [-0.05, 0) is 19.3 Å². The molecule has 0 radical (unpaired) electrons. The first-order valence-corrected chi connectivity index (χ1v) is 9.62. The van der Waals surface area contributed by atoms with Gasteiger partial charge in [0.25, 0.3) is 0 Å². The SMILES string of the molecule is O=C(N1CCCN(C2CCC2)CC1)N1CC(Oc2ccncc2Cl)C1. The summed E-state index contributed by atoms with van der Waals surface area (Å²) in [6.07, 6.45) is 8.34. The Labute approximate surface area is 153 Å². The van der Waals surface area contributed by atoms with E-state index in [0.29, 0.717) is 23.9 Å². The quantitative estimate of drug-likeness (QED) is 0.826. The molecule has 0 aromatic carbocycles. The lowest BCUT2D eigenvalue weighted by Gasteiger charge is -2.41. The summed E-state index contributed by atoms with van der Waals surface area (Å²) in [4.78, 5) is 23.1. The summed E-state index contributed by atoms with van der Waals surface area (Å²) in [5.41, 5.74) is 0. The maximum atomic E-state index is 12.7. The molecule has 4 rings (SSSR count). The predicted octanol–water partition coefficient (Wildman–Crippen LogP) is 2.48. The Morgan fingerprint density at radius 2 is 1.96 bits per heavy atom. The third-order valence-corrected chi connectivity index (χ3v) is 5.82. The maximum Gasteiger partial charge on any atom is 0.320 e. The molecule has 136 valence electrons. The van der Waals surface area contributed by atoms with E-state index in [1.807, 2.05) is 9.80 Å². The smallest absolute Gasteiger partial charge is 0.320 e. The van der Waals surface area contributed by atoms with Crippen LogP contribution < -0.4 is 4.74 Å². The van der Waals surface area contributed by atoms with Crippen LogP contribution in [0.4, 0.5) is 4.79 Å². The maximum absolute atomic E-state index is 12.7. The average Bonchev–Trinajstić information content (AvgIpc) is 2.76. The molecule has 2 amide bonds. The molecule has 1 saturated carbocycles. The summed E-state index contributed by atoms with van der Waals surface area (Å²) < 4.78 is 5.85. The van der Waals surface area contributed by atoms with E-state index in [-0.39, 0.29) is 12.1 Å². The van der Waals surface area contributed by atoms with Gasteiger partial charge in [0, 0.05) is 50.7 Å². The number of hydrogen-bond donors (Lipinski definition) is 0. The number of halogens is 1. The van der Waals surface area contributed by atoms with Gasteiger partial charge in [0.05, 0.1) is 13.1 Å². The van der Waals surface area contributed by atoms with E-state index in [4.69, 9.17) is 16.3 Å². The number of nitrogens with zero attached hydrogens (tertiary/aromatic N) is 4. The summed E-state index contributed by atoms with van der Waals surface area (Å²) in [7, 11) is 0. The molecule has 0 unspecified atom stereocenters. The molecule has 2 saturated heterocycles. The standard InChI is InChI=1S/C18H25ClN4O2/c19-16-11-20-6-5-17(16)25-15-12-23(13-15)18(24)22-8-2-7-21(9-10-22)14-3-1-4-14/h5-6,11,14-15H,1-4,7-10,12-13H2. The second kappa shape index (κ2) is 7.38. The number of amides is 2. The zero-order valence-electron chi connectivity index (χ0n) is 14.4. The highest BCUT2D eigenvalue weighted by Gasteiger charge is 2.36. The second-order valence-corrected chi connectivity index (χ2v) is 7.60. The van der Waals surface area contributed by atoms with E-state index >= 15 is 0 Å². The number of aromatic nitrogens is 1. The van der Waals surface area contributed by atoms with Crippen LogP contribution >= 0.6 is 11.6 Å². The van der Waals surface area contributed by atoms with Gasteiger partial charge in [-0.2, -0.15) is 0 Å². The molecular formula is C18H25ClN4O2. The molecule has 6 nitrogen and oxygen atoms in total. The van der Waals surface area contributed by atoms with Crippen molar-refractivity contribution in [1.29, 1.82) is 0 Å². The molecule has 25 heavy (non-hydrogen) atoms. The third kappa shape index (κ3) is 3.70. The van der Waals surface area contributed by atoms with Gasteiger partial charge in [-0.3, -0.25) is 9.88 Å². The number of urea groups is 1. The van der Waals surface area contributed by atoms with Gasteiger partial charge in [0.1, 0.15) is 16.9 Å². The second-order valence-electron chi connectivity index (χ2n) is 7.19. The predicted molar refractivity (Wildman–Crippen MR) is 96.0 cm³/mol. The summed E-state index contributed by atoms with van der Waals surface area (Å²) in [6.45, 7) is 5.09. The number of pyridine rings is 1. The summed E-state index contributed by atoms with van der Waals surface area (Å²) in [6, 6.07) is 2.68. The van der Waals surface area contributed by atoms with Crippen molar-refractivity contribution < 1.29 is 9.53 Å². The van der Waals surface area contributed by atoms with Crippen LogP contribution in [-0.4, -0.2) is 77.1 Å². The van der Waals surface area contributed by atoms with E-state index in [0.717, 1.165) is 38.6 Å². The molecule has 3 fully saturated rings. The van der Waals surface area contributed by atoms with E-state index in [9.17, 15) is 4.79 Å². The van der Waals surface area contributed by atoms with Gasteiger partial charge >= 0.3 is 6.03 Å². The molecule has 0 spiro atoms. The first-order valence-electron chi connectivity index (χ1n) is 9.25. The number of hydrogen-bond acceptors (Lipinski definition) is 4. The average molecular weight is 365 g/mol. The van der Waals surface area contributed by atoms with Gasteiger partial charge in [-0.15, -0.1) is 0 Å². The van der Waals surface area contributed by atoms with Crippen molar-refractivity contribution in [3.63, 3.8) is 0 Å². The molecule has 7 heteroatoms. The van der Waals surface area contributed by atoms with Crippen molar-refractivity contribution in [2.75, 3.05) is 39.3 Å². The van der Waals surface area contributed by atoms with E-state index < -0.39 is 0 Å². The fourth-order valence-corrected chi connectivity index (χ4v) is 3.92. The van der Waals surface area contributed by atoms with Gasteiger partial charge in [0.2, 0.25) is 0 Å². The van der Waals surface area contributed by atoms with Gasteiger partial charge in [0.15, 0.2) is 0 Å². The highest BCUT2D eigenvalue weighted by Crippen LogP contribution is 2.27. The Hall–Kier alpha value is -1.53. The lowest BCUT2D eigenvalue weighted by Crippen LogP contribution is -2.60. The van der Waals surface area contributed by atoms with Crippen molar-refractivity contribution in [1.82, 2.24) is 19.7 Å². The Bertz CT molecular complexity index is 619. The first-order chi connectivity index (χ1) is 12.2. The van der Waals surface area contributed by atoms with Crippen molar-refractivity contribution in [3.8, 4) is 5.75 Å². The largest absolute Gasteiger partial charge is 0.485 e. The number of likely N-dealkylation sites (tertiary alicyclic amines) is 1. The van der Waals surface area contributed by atoms with Crippen LogP contribution in [0.2, 0.25) is 5.02 Å². The van der Waals surface area contributed by atoms with Crippen LogP contribution in [0.1, 0.15) is 25.7 Å². The van der Waals surface area contributed by atoms with Crippen molar-refractivity contribution in [2.45, 2.75) is 37.8 Å². The molecule has 3 aliphatic rings. The molecule has 1 aromatic rings. The first kappa shape index (κ1) is 16.9. The number of carbonyl (C=O) groups excluding carboxylic acids is 1. The zero-order chi connectivity index (χ0) is 17.2. The number of carbonyl (C=O) groups is 1. The summed E-state index contributed by atoms with van der Waals surface area (Å²) >= 11 is 6.06. The van der Waals surface area contributed by atoms with Crippen LogP contribution in [0.15, 0.2) is 18.5 Å². The van der Waals surface area contributed by atoms with E-state index in [1.54, 1.807) is 18.5 Å². The zero-order valence-corrected chi connectivity index (χ0v) is 15.2. The molecular weight excluding hydrogens is 340 g/mol. The Kier molecular flexibility index (Phi) is 4.99. The van der Waals surface area contributed by atoms with Crippen molar-refractivity contribution in [2.24, 2.45) is 0 Å². The van der Waals surface area contributed by atoms with Crippen LogP contribution in [0.5, 0.6) is 5.75 Å². The molecule has 0 bridgehead atoms. The van der Waals surface area contributed by atoms with Crippen LogP contribution in [0.3, 0.4) is 0 Å². The Morgan fingerprint density at radius 1 is 1.12 bits per heavy atom. The van der Waals surface area contributed by atoms with Gasteiger partial charge in [-0.25, -0.2) is 4.79 Å². The van der Waals surface area contributed by atoms with Crippen molar-refractivity contribution >= 4 is 17.6 Å². The minimum absolute atomic E-state index is 0.0160. The highest BCUT2D eigenvalue weighted by molar-refractivity contribution is 6.31. The Morgan fingerprint density at radius 3 is 2.68 bits per heavy atom. The monoisotopic (exact) mass is 364 g/mol. The molecule has 0 atom stereocenters. The lowest BCUT2D eigenvalue weighted by atomic mass is 9.91. The normalized spacial score (nSPS) is 22.9. The number of rotatable bonds is 3. The summed E-state index contributed by atoms with van der Waals surface area (Å²) in [5.74, 6) is 0.639. The molecule has 1 aromatic heterocycles. The van der Waals surface area contributed by atoms with Crippen molar-refractivity contribution in [3.05, 3.63) is 23.5 Å². The minimum Gasteiger partial charge on any atom is -0.485 e. The topological polar surface area (TPSA) is 48.9 Å². The molecule has 3 heterocycles. The van der Waals surface area contributed by atoms with Gasteiger partial charge < -0.3 is 14.5 Å². The molecule has 1 aliphatic carbocycles. The van der Waals surface area contributed by atoms with E-state index in [2.05, 4.69) is 9.88 Å². The fraction of sp³-hybridized carbons (Fsp3) is 0.667. The van der Waals surface area contributed by atoms with E-state index in [1.165, 1.54) is 19.3 Å². The third-order valence-electron chi connectivity index (χ3n) is 5.54. The number of ether oxygens (including phenoxy) is 1. The van der Waals surface area contributed by atoms with Gasteiger partial charge in [-0.1, -0.05) is 18.0 Å². The van der Waals surface area contributed by atoms with Crippen LogP contribution in [-0.2, 0) is 0 Å². The molecule has 2 aliphatic heterocycles. The fourth-order valence-electron chi connectivity index (χ4n) is 3.75. The van der Waals surface area contributed by atoms with Crippen LogP contribution in [0, 0.1) is 0 Å². The lowest BCUT2D eigenvalue weighted by molar-refractivity contribution is 0.0309. The minimum atomic E-state index is 0.0160. The summed E-state index contributed by atoms with van der Waals surface area (Å²) in [5, 5.41) is 0.510. The Balaban J connectivity index is 1.25. The highest BCUT2D eigenvalue weighted by atomic mass is 35.5. The van der Waals surface area contributed by atoms with Crippen LogP contribution in [0.25, 0.3) is 0 Å². The molecule has 0 N–H and O–H groups in total.